The molecule has 1 unspecified atom stereocenters. The molecule has 0 aromatic heterocycles. The molecule has 0 radical (unpaired) electrons. The summed E-state index contributed by atoms with van der Waals surface area (Å²) in [7, 11) is 1.62. The molecule has 1 N–H and O–H groups in total. The van der Waals surface area contributed by atoms with Crippen LogP contribution in [0.1, 0.15) is 22.8 Å². The van der Waals surface area contributed by atoms with E-state index in [1.807, 2.05) is 19.1 Å². The second kappa shape index (κ2) is 5.48. The Balaban J connectivity index is 2.73. The number of carbonyl (C=O) groups excluding carboxylic acids is 1. The first-order valence-corrected chi connectivity index (χ1v) is 5.46. The minimum Gasteiger partial charge on any atom is -0.481 e. The molecule has 0 aliphatic carbocycles. The number of rotatable bonds is 4. The fraction of sp³-hybridized carbons (Fsp3) is 0.385. The van der Waals surface area contributed by atoms with Crippen molar-refractivity contribution in [2.45, 2.75) is 13.8 Å². The van der Waals surface area contributed by atoms with Crippen LogP contribution in [0.5, 0.6) is 0 Å². The lowest BCUT2D eigenvalue weighted by atomic mass is 10.1. The zero-order valence-corrected chi connectivity index (χ0v) is 10.3. The molecule has 0 heterocycles. The normalized spacial score (nSPS) is 11.9. The van der Waals surface area contributed by atoms with E-state index in [0.29, 0.717) is 5.56 Å². The second-order valence-electron chi connectivity index (χ2n) is 4.29. The van der Waals surface area contributed by atoms with Gasteiger partial charge in [-0.25, -0.2) is 0 Å². The lowest BCUT2D eigenvalue weighted by molar-refractivity contribution is -0.141. The Bertz CT molecular complexity index is 428. The quantitative estimate of drug-likeness (QED) is 0.865. The van der Waals surface area contributed by atoms with E-state index in [2.05, 4.69) is 0 Å². The van der Waals surface area contributed by atoms with Gasteiger partial charge in [0.25, 0.3) is 5.91 Å². The maximum absolute atomic E-state index is 12.0. The van der Waals surface area contributed by atoms with Crippen molar-refractivity contribution in [1.82, 2.24) is 4.90 Å². The van der Waals surface area contributed by atoms with E-state index >= 15 is 0 Å². The molecule has 0 saturated carbocycles. The van der Waals surface area contributed by atoms with Gasteiger partial charge in [0.15, 0.2) is 0 Å². The van der Waals surface area contributed by atoms with Gasteiger partial charge in [0, 0.05) is 19.2 Å². The van der Waals surface area contributed by atoms with Gasteiger partial charge in [0.05, 0.1) is 5.92 Å². The van der Waals surface area contributed by atoms with Crippen molar-refractivity contribution in [3.63, 3.8) is 0 Å². The first-order chi connectivity index (χ1) is 7.91. The molecule has 1 atom stereocenters. The summed E-state index contributed by atoms with van der Waals surface area (Å²) >= 11 is 0. The third-order valence-electron chi connectivity index (χ3n) is 2.58. The zero-order chi connectivity index (χ0) is 13.0. The van der Waals surface area contributed by atoms with E-state index in [1.54, 1.807) is 26.1 Å². The minimum absolute atomic E-state index is 0.151. The van der Waals surface area contributed by atoms with E-state index in [0.717, 1.165) is 5.56 Å². The van der Waals surface area contributed by atoms with Crippen molar-refractivity contribution in [2.24, 2.45) is 5.92 Å². The van der Waals surface area contributed by atoms with Crippen LogP contribution < -0.4 is 0 Å². The summed E-state index contributed by atoms with van der Waals surface area (Å²) in [6.45, 7) is 3.71. The largest absolute Gasteiger partial charge is 0.481 e. The van der Waals surface area contributed by atoms with Gasteiger partial charge in [-0.1, -0.05) is 24.6 Å². The van der Waals surface area contributed by atoms with Crippen LogP contribution in [0.15, 0.2) is 24.3 Å². The Morgan fingerprint density at radius 2 is 2.06 bits per heavy atom. The third-order valence-corrected chi connectivity index (χ3v) is 2.58. The molecular formula is C13H17NO3. The Morgan fingerprint density at radius 1 is 1.41 bits per heavy atom. The van der Waals surface area contributed by atoms with Crippen LogP contribution in [-0.4, -0.2) is 35.5 Å². The van der Waals surface area contributed by atoms with Gasteiger partial charge in [0.2, 0.25) is 0 Å². The SMILES string of the molecule is Cc1cccc(C(=O)N(C)CC(C)C(=O)O)c1. The lowest BCUT2D eigenvalue weighted by Crippen LogP contribution is -2.33. The maximum atomic E-state index is 12.0. The summed E-state index contributed by atoms with van der Waals surface area (Å²) in [5.74, 6) is -1.61. The second-order valence-corrected chi connectivity index (χ2v) is 4.29. The molecule has 1 amide bonds. The van der Waals surface area contributed by atoms with E-state index in [4.69, 9.17) is 5.11 Å². The van der Waals surface area contributed by atoms with Crippen molar-refractivity contribution >= 4 is 11.9 Å². The van der Waals surface area contributed by atoms with E-state index in [-0.39, 0.29) is 12.5 Å². The van der Waals surface area contributed by atoms with Crippen molar-refractivity contribution in [3.8, 4) is 0 Å². The van der Waals surface area contributed by atoms with Crippen molar-refractivity contribution in [2.75, 3.05) is 13.6 Å². The first-order valence-electron chi connectivity index (χ1n) is 5.46. The summed E-state index contributed by atoms with van der Waals surface area (Å²) in [6, 6.07) is 7.26. The van der Waals surface area contributed by atoms with Crippen LogP contribution in [-0.2, 0) is 4.79 Å². The third kappa shape index (κ3) is 3.59. The number of aliphatic carboxylic acids is 1. The molecule has 0 aliphatic heterocycles. The van der Waals surface area contributed by atoms with Gasteiger partial charge in [-0.2, -0.15) is 0 Å². The Hall–Kier alpha value is -1.84. The number of aryl methyl sites for hydroxylation is 1. The van der Waals surface area contributed by atoms with Gasteiger partial charge in [-0.15, -0.1) is 0 Å². The van der Waals surface area contributed by atoms with Crippen LogP contribution in [0.4, 0.5) is 0 Å². The monoisotopic (exact) mass is 235 g/mol. The summed E-state index contributed by atoms with van der Waals surface area (Å²) in [5.41, 5.74) is 1.60. The van der Waals surface area contributed by atoms with E-state index in [1.165, 1.54) is 4.90 Å². The Kier molecular flexibility index (Phi) is 4.26. The van der Waals surface area contributed by atoms with Gasteiger partial charge in [-0.05, 0) is 19.1 Å². The number of carbonyl (C=O) groups is 2. The number of carboxylic acid groups (broad SMARTS) is 1. The van der Waals surface area contributed by atoms with Crippen LogP contribution >= 0.6 is 0 Å². The Labute approximate surface area is 101 Å². The van der Waals surface area contributed by atoms with E-state index in [9.17, 15) is 9.59 Å². The average Bonchev–Trinajstić information content (AvgIpc) is 2.27. The van der Waals surface area contributed by atoms with Gasteiger partial charge in [0.1, 0.15) is 0 Å². The number of hydrogen-bond donors (Lipinski definition) is 1. The summed E-state index contributed by atoms with van der Waals surface area (Å²) in [5, 5.41) is 8.79. The van der Waals surface area contributed by atoms with Gasteiger partial charge in [-0.3, -0.25) is 9.59 Å². The molecule has 1 aromatic carbocycles. The van der Waals surface area contributed by atoms with Gasteiger partial charge < -0.3 is 10.0 Å². The fourth-order valence-corrected chi connectivity index (χ4v) is 1.57. The average molecular weight is 235 g/mol. The minimum atomic E-state index is -0.895. The number of amides is 1. The van der Waals surface area contributed by atoms with E-state index < -0.39 is 11.9 Å². The van der Waals surface area contributed by atoms with Crippen LogP contribution in [0, 0.1) is 12.8 Å². The fourth-order valence-electron chi connectivity index (χ4n) is 1.57. The first kappa shape index (κ1) is 13.2. The summed E-state index contributed by atoms with van der Waals surface area (Å²) in [6.07, 6.45) is 0. The standard InChI is InChI=1S/C13H17NO3/c1-9-5-4-6-11(7-9)12(15)14(3)8-10(2)13(16)17/h4-7,10H,8H2,1-3H3,(H,16,17). The summed E-state index contributed by atoms with van der Waals surface area (Å²) in [4.78, 5) is 24.1. The molecular weight excluding hydrogens is 218 g/mol. The highest BCUT2D eigenvalue weighted by Crippen LogP contribution is 2.08. The van der Waals surface area contributed by atoms with Crippen molar-refractivity contribution in [1.29, 1.82) is 0 Å². The molecule has 0 aliphatic rings. The molecule has 0 bridgehead atoms. The van der Waals surface area contributed by atoms with Crippen LogP contribution in [0.2, 0.25) is 0 Å². The topological polar surface area (TPSA) is 57.6 Å². The van der Waals surface area contributed by atoms with Crippen LogP contribution in [0.3, 0.4) is 0 Å². The van der Waals surface area contributed by atoms with Crippen molar-refractivity contribution in [3.05, 3.63) is 35.4 Å². The number of carboxylic acids is 1. The number of hydrogen-bond acceptors (Lipinski definition) is 2. The molecule has 4 heteroatoms. The van der Waals surface area contributed by atoms with Crippen LogP contribution in [0.25, 0.3) is 0 Å². The van der Waals surface area contributed by atoms with Crippen molar-refractivity contribution < 1.29 is 14.7 Å². The zero-order valence-electron chi connectivity index (χ0n) is 10.3. The Morgan fingerprint density at radius 3 is 2.59 bits per heavy atom. The molecule has 92 valence electrons. The predicted octanol–water partition coefficient (Wildman–Crippen LogP) is 1.79. The smallest absolute Gasteiger partial charge is 0.308 e. The molecule has 4 nitrogen and oxygen atoms in total. The molecule has 0 spiro atoms. The van der Waals surface area contributed by atoms with Gasteiger partial charge >= 0.3 is 5.97 Å². The predicted molar refractivity (Wildman–Crippen MR) is 64.9 cm³/mol. The maximum Gasteiger partial charge on any atom is 0.308 e. The number of benzene rings is 1. The molecule has 1 aromatic rings. The highest BCUT2D eigenvalue weighted by atomic mass is 16.4. The molecule has 17 heavy (non-hydrogen) atoms. The highest BCUT2D eigenvalue weighted by molar-refractivity contribution is 5.94. The molecule has 1 rings (SSSR count). The highest BCUT2D eigenvalue weighted by Gasteiger charge is 2.18. The molecule has 0 saturated heterocycles. The lowest BCUT2D eigenvalue weighted by Gasteiger charge is -2.19. The number of nitrogens with zero attached hydrogens (tertiary/aromatic N) is 1. The summed E-state index contributed by atoms with van der Waals surface area (Å²) < 4.78 is 0. The molecule has 0 fully saturated rings.